The molecule has 2 atom stereocenters. The van der Waals surface area contributed by atoms with Crippen molar-refractivity contribution >= 4 is 23.5 Å². The molecular weight excluding hydrogens is 458 g/mol. The van der Waals surface area contributed by atoms with Crippen LogP contribution in [0.25, 0.3) is 0 Å². The first-order chi connectivity index (χ1) is 17.3. The fraction of sp³-hybridized carbons (Fsp3) is 0.852. The van der Waals surface area contributed by atoms with Crippen molar-refractivity contribution in [3.05, 3.63) is 0 Å². The van der Waals surface area contributed by atoms with Crippen LogP contribution in [0.15, 0.2) is 0 Å². The first-order valence-electron chi connectivity index (χ1n) is 14.1. The SMILES string of the molecule is CCCCCCCCNC(=O)CCC(NC(=O)C(CCC(=O)NCCN)NCCCCCC)C(C)=O. The van der Waals surface area contributed by atoms with Crippen molar-refractivity contribution in [2.45, 2.75) is 123 Å². The number of hydrogen-bond donors (Lipinski definition) is 5. The molecule has 0 aliphatic carbocycles. The summed E-state index contributed by atoms with van der Waals surface area (Å²) in [5.74, 6) is -0.762. The molecule has 0 aliphatic rings. The van der Waals surface area contributed by atoms with Crippen LogP contribution in [0.3, 0.4) is 0 Å². The van der Waals surface area contributed by atoms with E-state index in [1.165, 1.54) is 32.6 Å². The molecule has 0 aromatic rings. The fourth-order valence-electron chi connectivity index (χ4n) is 3.88. The normalized spacial score (nSPS) is 12.6. The van der Waals surface area contributed by atoms with E-state index in [1.54, 1.807) is 0 Å². The Morgan fingerprint density at radius 3 is 1.75 bits per heavy atom. The van der Waals surface area contributed by atoms with E-state index in [0.29, 0.717) is 32.6 Å². The summed E-state index contributed by atoms with van der Waals surface area (Å²) in [4.78, 5) is 49.4. The number of nitrogens with two attached hydrogens (primary N) is 1. The number of rotatable bonds is 24. The van der Waals surface area contributed by atoms with Gasteiger partial charge in [-0.3, -0.25) is 19.2 Å². The number of carbonyl (C=O) groups excluding carboxylic acids is 4. The third kappa shape index (κ3) is 19.2. The van der Waals surface area contributed by atoms with E-state index >= 15 is 0 Å². The number of hydrogen-bond acceptors (Lipinski definition) is 6. The Labute approximate surface area is 218 Å². The first kappa shape index (κ1) is 34.0. The zero-order valence-electron chi connectivity index (χ0n) is 23.1. The molecule has 0 fully saturated rings. The van der Waals surface area contributed by atoms with Gasteiger partial charge in [0.05, 0.1) is 12.1 Å². The largest absolute Gasteiger partial charge is 0.356 e. The fourth-order valence-corrected chi connectivity index (χ4v) is 3.88. The van der Waals surface area contributed by atoms with Crippen molar-refractivity contribution < 1.29 is 19.2 Å². The van der Waals surface area contributed by atoms with Gasteiger partial charge in [0.15, 0.2) is 5.78 Å². The van der Waals surface area contributed by atoms with Crippen LogP contribution in [0.1, 0.15) is 111 Å². The van der Waals surface area contributed by atoms with Gasteiger partial charge in [-0.05, 0) is 39.2 Å². The van der Waals surface area contributed by atoms with Crippen LogP contribution in [0.4, 0.5) is 0 Å². The van der Waals surface area contributed by atoms with Gasteiger partial charge in [0.2, 0.25) is 17.7 Å². The Morgan fingerprint density at radius 2 is 1.17 bits per heavy atom. The summed E-state index contributed by atoms with van der Waals surface area (Å²) in [5.41, 5.74) is 5.42. The number of amides is 3. The number of unbranched alkanes of at least 4 members (excludes halogenated alkanes) is 8. The Kier molecular flexibility index (Phi) is 22.1. The minimum absolute atomic E-state index is 0.105. The molecular formula is C27H53N5O4. The van der Waals surface area contributed by atoms with Crippen LogP contribution in [0.2, 0.25) is 0 Å². The van der Waals surface area contributed by atoms with Gasteiger partial charge in [-0.15, -0.1) is 0 Å². The summed E-state index contributed by atoms with van der Waals surface area (Å²) < 4.78 is 0. The smallest absolute Gasteiger partial charge is 0.237 e. The second-order valence-electron chi connectivity index (χ2n) is 9.57. The Hall–Kier alpha value is -2.00. The van der Waals surface area contributed by atoms with Crippen molar-refractivity contribution in [3.8, 4) is 0 Å². The van der Waals surface area contributed by atoms with Gasteiger partial charge in [-0.25, -0.2) is 0 Å². The molecule has 210 valence electrons. The summed E-state index contributed by atoms with van der Waals surface area (Å²) in [6.07, 6.45) is 12.1. The molecule has 0 aliphatic heterocycles. The zero-order chi connectivity index (χ0) is 27.0. The summed E-state index contributed by atoms with van der Waals surface area (Å²) in [7, 11) is 0. The van der Waals surface area contributed by atoms with E-state index in [-0.39, 0.29) is 42.8 Å². The Morgan fingerprint density at radius 1 is 0.667 bits per heavy atom. The average molecular weight is 512 g/mol. The van der Waals surface area contributed by atoms with E-state index < -0.39 is 12.1 Å². The summed E-state index contributed by atoms with van der Waals surface area (Å²) in [5, 5.41) is 11.7. The number of nitrogens with one attached hydrogen (secondary N) is 4. The molecule has 0 radical (unpaired) electrons. The molecule has 9 heteroatoms. The molecule has 0 saturated heterocycles. The average Bonchev–Trinajstić information content (AvgIpc) is 2.85. The monoisotopic (exact) mass is 511 g/mol. The van der Waals surface area contributed by atoms with Crippen LogP contribution in [-0.2, 0) is 19.2 Å². The van der Waals surface area contributed by atoms with Crippen molar-refractivity contribution in [2.24, 2.45) is 5.73 Å². The van der Waals surface area contributed by atoms with Crippen molar-refractivity contribution in [3.63, 3.8) is 0 Å². The molecule has 36 heavy (non-hydrogen) atoms. The lowest BCUT2D eigenvalue weighted by Gasteiger charge is -2.22. The van der Waals surface area contributed by atoms with Gasteiger partial charge in [-0.2, -0.15) is 0 Å². The molecule has 0 aromatic carbocycles. The molecule has 6 N–H and O–H groups in total. The maximum Gasteiger partial charge on any atom is 0.237 e. The molecule has 0 saturated carbocycles. The number of carbonyl (C=O) groups is 4. The molecule has 0 spiro atoms. The first-order valence-corrected chi connectivity index (χ1v) is 14.1. The third-order valence-electron chi connectivity index (χ3n) is 6.18. The number of Topliss-reactive ketones (excluding diaryl/α,β-unsaturated/α-hetero) is 1. The van der Waals surface area contributed by atoms with Crippen LogP contribution >= 0.6 is 0 Å². The highest BCUT2D eigenvalue weighted by atomic mass is 16.2. The predicted octanol–water partition coefficient (Wildman–Crippen LogP) is 2.71. The highest BCUT2D eigenvalue weighted by molar-refractivity contribution is 5.90. The highest BCUT2D eigenvalue weighted by Gasteiger charge is 2.24. The van der Waals surface area contributed by atoms with Crippen LogP contribution in [0.5, 0.6) is 0 Å². The van der Waals surface area contributed by atoms with E-state index in [4.69, 9.17) is 5.73 Å². The Balaban J connectivity index is 4.65. The van der Waals surface area contributed by atoms with Crippen LogP contribution in [0, 0.1) is 0 Å². The maximum atomic E-state index is 13.0. The van der Waals surface area contributed by atoms with Gasteiger partial charge >= 0.3 is 0 Å². The molecule has 2 unspecified atom stereocenters. The maximum absolute atomic E-state index is 13.0. The lowest BCUT2D eigenvalue weighted by atomic mass is 10.0. The lowest BCUT2D eigenvalue weighted by molar-refractivity contribution is -0.129. The molecule has 0 aromatic heterocycles. The van der Waals surface area contributed by atoms with Crippen LogP contribution < -0.4 is 27.0 Å². The lowest BCUT2D eigenvalue weighted by Crippen LogP contribution is -2.50. The third-order valence-corrected chi connectivity index (χ3v) is 6.18. The zero-order valence-corrected chi connectivity index (χ0v) is 23.1. The van der Waals surface area contributed by atoms with Gasteiger partial charge < -0.3 is 27.0 Å². The van der Waals surface area contributed by atoms with Crippen LogP contribution in [-0.4, -0.2) is 61.8 Å². The van der Waals surface area contributed by atoms with Crippen molar-refractivity contribution in [1.29, 1.82) is 0 Å². The van der Waals surface area contributed by atoms with E-state index in [1.807, 2.05) is 0 Å². The minimum atomic E-state index is -0.729. The predicted molar refractivity (Wildman–Crippen MR) is 145 cm³/mol. The standard InChI is InChI=1S/C27H53N5O4/c1-4-6-8-10-11-13-20-30-25(34)16-14-23(22(3)33)32-27(36)24(29-19-12-9-7-5-2)15-17-26(35)31-21-18-28/h23-24,29H,4-21,28H2,1-3H3,(H,30,34)(H,31,35)(H,32,36). The summed E-state index contributed by atoms with van der Waals surface area (Å²) in [6, 6.07) is -1.31. The van der Waals surface area contributed by atoms with Crippen molar-refractivity contribution in [1.82, 2.24) is 21.3 Å². The van der Waals surface area contributed by atoms with Crippen molar-refractivity contribution in [2.75, 3.05) is 26.2 Å². The van der Waals surface area contributed by atoms with Gasteiger partial charge in [-0.1, -0.05) is 65.2 Å². The Bertz CT molecular complexity index is 615. The molecule has 0 rings (SSSR count). The second-order valence-corrected chi connectivity index (χ2v) is 9.57. The van der Waals surface area contributed by atoms with Gasteiger partial charge in [0, 0.05) is 32.5 Å². The molecule has 0 heterocycles. The molecule has 0 bridgehead atoms. The highest BCUT2D eigenvalue weighted by Crippen LogP contribution is 2.06. The summed E-state index contributed by atoms with van der Waals surface area (Å²) >= 11 is 0. The molecule has 3 amide bonds. The summed E-state index contributed by atoms with van der Waals surface area (Å²) in [6.45, 7) is 7.80. The minimum Gasteiger partial charge on any atom is -0.356 e. The van der Waals surface area contributed by atoms with E-state index in [9.17, 15) is 19.2 Å². The van der Waals surface area contributed by atoms with Gasteiger partial charge in [0.25, 0.3) is 0 Å². The topological polar surface area (TPSA) is 142 Å². The molecule has 9 nitrogen and oxygen atoms in total. The van der Waals surface area contributed by atoms with E-state index in [2.05, 4.69) is 35.1 Å². The van der Waals surface area contributed by atoms with Gasteiger partial charge in [0.1, 0.15) is 0 Å². The number of ketones is 1. The second kappa shape index (κ2) is 23.4. The quantitative estimate of drug-likeness (QED) is 0.126. The van der Waals surface area contributed by atoms with E-state index in [0.717, 1.165) is 38.5 Å².